The van der Waals surface area contributed by atoms with Crippen molar-refractivity contribution in [3.8, 4) is 0 Å². The summed E-state index contributed by atoms with van der Waals surface area (Å²) in [4.78, 5) is 0. The van der Waals surface area contributed by atoms with Gasteiger partial charge in [0.15, 0.2) is 0 Å². The van der Waals surface area contributed by atoms with Crippen LogP contribution in [0.2, 0.25) is 0 Å². The van der Waals surface area contributed by atoms with Gasteiger partial charge in [-0.15, -0.1) is 0 Å². The number of benzene rings is 2. The molecular weight excluding hydrogens is 356 g/mol. The molecule has 0 saturated heterocycles. The molecule has 1 N–H and O–H groups in total. The summed E-state index contributed by atoms with van der Waals surface area (Å²) in [7, 11) is 0. The molecule has 0 spiro atoms. The third kappa shape index (κ3) is 2.85. The topological polar surface area (TPSA) is 20.2 Å². The average Bonchev–Trinajstić information content (AvgIpc) is 2.35. The van der Waals surface area contributed by atoms with Gasteiger partial charge in [-0.1, -0.05) is 24.3 Å². The summed E-state index contributed by atoms with van der Waals surface area (Å²) in [6, 6.07) is 11.9. The van der Waals surface area contributed by atoms with Crippen LogP contribution in [-0.4, -0.2) is 5.11 Å². The first-order chi connectivity index (χ1) is 8.49. The molecule has 94 valence electrons. The summed E-state index contributed by atoms with van der Waals surface area (Å²) in [5, 5.41) is 10.4. The van der Waals surface area contributed by atoms with Crippen molar-refractivity contribution in [2.24, 2.45) is 0 Å². The fraction of sp³-hybridized carbons (Fsp3) is 0.200. The van der Waals surface area contributed by atoms with E-state index < -0.39 is 6.10 Å². The van der Waals surface area contributed by atoms with Crippen molar-refractivity contribution in [1.82, 2.24) is 0 Å². The zero-order valence-corrected chi connectivity index (χ0v) is 13.4. The van der Waals surface area contributed by atoms with E-state index in [0.717, 1.165) is 20.1 Å². The smallest absolute Gasteiger partial charge is 0.104 e. The van der Waals surface area contributed by atoms with Crippen LogP contribution in [0.5, 0.6) is 0 Å². The number of halogens is 2. The van der Waals surface area contributed by atoms with Gasteiger partial charge < -0.3 is 5.11 Å². The number of hydrogen-bond acceptors (Lipinski definition) is 1. The second-order valence-corrected chi connectivity index (χ2v) is 6.13. The van der Waals surface area contributed by atoms with Crippen molar-refractivity contribution in [2.75, 3.05) is 0 Å². The minimum absolute atomic E-state index is 0.589. The highest BCUT2D eigenvalue weighted by molar-refractivity contribution is 9.13. The van der Waals surface area contributed by atoms with E-state index in [2.05, 4.69) is 45.7 Å². The molecule has 0 aliphatic rings. The lowest BCUT2D eigenvalue weighted by molar-refractivity contribution is 0.220. The first-order valence-electron chi connectivity index (χ1n) is 5.69. The van der Waals surface area contributed by atoms with Crippen LogP contribution in [-0.2, 0) is 0 Å². The van der Waals surface area contributed by atoms with Gasteiger partial charge in [-0.05, 0) is 80.1 Å². The van der Waals surface area contributed by atoms with Crippen LogP contribution in [0.3, 0.4) is 0 Å². The van der Waals surface area contributed by atoms with Crippen LogP contribution in [0.1, 0.15) is 28.4 Å². The van der Waals surface area contributed by atoms with E-state index in [1.165, 1.54) is 11.1 Å². The molecular formula is C15H14Br2O. The molecule has 0 fully saturated rings. The summed E-state index contributed by atoms with van der Waals surface area (Å²) in [6.45, 7) is 4.13. The first kappa shape index (κ1) is 13.8. The molecule has 0 aliphatic heterocycles. The lowest BCUT2D eigenvalue weighted by Gasteiger charge is -2.14. The second-order valence-electron chi connectivity index (χ2n) is 4.42. The molecule has 1 atom stereocenters. The number of hydrogen-bond donors (Lipinski definition) is 1. The largest absolute Gasteiger partial charge is 0.384 e. The van der Waals surface area contributed by atoms with E-state index in [1.807, 2.05) is 36.4 Å². The Morgan fingerprint density at radius 3 is 2.06 bits per heavy atom. The maximum Gasteiger partial charge on any atom is 0.104 e. The molecule has 2 rings (SSSR count). The Hall–Kier alpha value is -0.640. The summed E-state index contributed by atoms with van der Waals surface area (Å²) < 4.78 is 1.93. The van der Waals surface area contributed by atoms with Crippen LogP contribution in [0.25, 0.3) is 0 Å². The Morgan fingerprint density at radius 1 is 0.833 bits per heavy atom. The molecule has 1 unspecified atom stereocenters. The normalized spacial score (nSPS) is 12.5. The molecule has 1 nitrogen and oxygen atoms in total. The summed E-state index contributed by atoms with van der Waals surface area (Å²) in [5.74, 6) is 0. The molecule has 0 aliphatic carbocycles. The van der Waals surface area contributed by atoms with E-state index in [1.54, 1.807) is 0 Å². The average molecular weight is 370 g/mol. The van der Waals surface area contributed by atoms with Crippen molar-refractivity contribution in [1.29, 1.82) is 0 Å². The predicted molar refractivity (Wildman–Crippen MR) is 81.8 cm³/mol. The van der Waals surface area contributed by atoms with E-state index in [9.17, 15) is 5.11 Å². The van der Waals surface area contributed by atoms with Gasteiger partial charge in [0.1, 0.15) is 6.10 Å². The monoisotopic (exact) mass is 368 g/mol. The molecule has 3 heteroatoms. The van der Waals surface area contributed by atoms with Gasteiger partial charge >= 0.3 is 0 Å². The van der Waals surface area contributed by atoms with Crippen molar-refractivity contribution in [3.63, 3.8) is 0 Å². The Kier molecular flexibility index (Phi) is 4.25. The highest BCUT2D eigenvalue weighted by atomic mass is 79.9. The van der Waals surface area contributed by atoms with E-state index in [-0.39, 0.29) is 0 Å². The van der Waals surface area contributed by atoms with Gasteiger partial charge in [-0.2, -0.15) is 0 Å². The van der Waals surface area contributed by atoms with Crippen molar-refractivity contribution in [2.45, 2.75) is 20.0 Å². The van der Waals surface area contributed by atoms with Gasteiger partial charge in [-0.25, -0.2) is 0 Å². The van der Waals surface area contributed by atoms with Crippen molar-refractivity contribution in [3.05, 3.63) is 67.6 Å². The maximum atomic E-state index is 10.4. The standard InChI is InChI=1S/C15H14Br2O/c1-9-3-4-11(7-10(9)2)15(18)12-5-6-13(16)14(17)8-12/h3-8,15,18H,1-2H3. The van der Waals surface area contributed by atoms with Gasteiger partial charge in [0.2, 0.25) is 0 Å². The third-order valence-corrected chi connectivity index (χ3v) is 4.99. The molecule has 0 radical (unpaired) electrons. The van der Waals surface area contributed by atoms with Crippen LogP contribution in [0.4, 0.5) is 0 Å². The SMILES string of the molecule is Cc1ccc(C(O)c2ccc(Br)c(Br)c2)cc1C. The first-order valence-corrected chi connectivity index (χ1v) is 7.28. The van der Waals surface area contributed by atoms with Crippen LogP contribution in [0, 0.1) is 13.8 Å². The summed E-state index contributed by atoms with van der Waals surface area (Å²) in [6.07, 6.45) is -0.589. The van der Waals surface area contributed by atoms with E-state index >= 15 is 0 Å². The predicted octanol–water partition coefficient (Wildman–Crippen LogP) is 4.91. The van der Waals surface area contributed by atoms with Crippen molar-refractivity contribution >= 4 is 31.9 Å². The fourth-order valence-electron chi connectivity index (χ4n) is 1.81. The molecule has 2 aromatic carbocycles. The van der Waals surface area contributed by atoms with Crippen LogP contribution >= 0.6 is 31.9 Å². The van der Waals surface area contributed by atoms with Gasteiger partial charge in [0.05, 0.1) is 0 Å². The number of aryl methyl sites for hydroxylation is 2. The molecule has 2 aromatic rings. The molecule has 0 heterocycles. The number of rotatable bonds is 2. The zero-order chi connectivity index (χ0) is 13.3. The Labute approximate surface area is 124 Å². The zero-order valence-electron chi connectivity index (χ0n) is 10.2. The molecule has 0 aromatic heterocycles. The van der Waals surface area contributed by atoms with Gasteiger partial charge in [-0.3, -0.25) is 0 Å². The Bertz CT molecular complexity index is 527. The second kappa shape index (κ2) is 5.55. The highest BCUT2D eigenvalue weighted by Crippen LogP contribution is 2.29. The summed E-state index contributed by atoms with van der Waals surface area (Å²) in [5.41, 5.74) is 4.24. The molecule has 18 heavy (non-hydrogen) atoms. The lowest BCUT2D eigenvalue weighted by Crippen LogP contribution is -2.00. The van der Waals surface area contributed by atoms with Crippen LogP contribution < -0.4 is 0 Å². The fourth-order valence-corrected chi connectivity index (χ4v) is 2.45. The van der Waals surface area contributed by atoms with Crippen molar-refractivity contribution < 1.29 is 5.11 Å². The maximum absolute atomic E-state index is 10.4. The molecule has 0 amide bonds. The Balaban J connectivity index is 2.37. The van der Waals surface area contributed by atoms with Gasteiger partial charge in [0.25, 0.3) is 0 Å². The number of aliphatic hydroxyl groups is 1. The quantitative estimate of drug-likeness (QED) is 0.797. The highest BCUT2D eigenvalue weighted by Gasteiger charge is 2.12. The minimum Gasteiger partial charge on any atom is -0.384 e. The minimum atomic E-state index is -0.589. The third-order valence-electron chi connectivity index (χ3n) is 3.11. The van der Waals surface area contributed by atoms with E-state index in [4.69, 9.17) is 0 Å². The van der Waals surface area contributed by atoms with Gasteiger partial charge in [0, 0.05) is 8.95 Å². The summed E-state index contributed by atoms with van der Waals surface area (Å²) >= 11 is 6.88. The molecule has 0 bridgehead atoms. The number of aliphatic hydroxyl groups excluding tert-OH is 1. The Morgan fingerprint density at radius 2 is 1.44 bits per heavy atom. The van der Waals surface area contributed by atoms with Crippen LogP contribution in [0.15, 0.2) is 45.3 Å². The molecule has 0 saturated carbocycles. The van der Waals surface area contributed by atoms with E-state index in [0.29, 0.717) is 0 Å². The lowest BCUT2D eigenvalue weighted by atomic mass is 9.98.